The maximum absolute atomic E-state index is 12.7. The molecular formula is C29H31N3O4. The fourth-order valence-corrected chi connectivity index (χ4v) is 4.16. The van der Waals surface area contributed by atoms with Gasteiger partial charge in [-0.1, -0.05) is 43.3 Å². The largest absolute Gasteiger partial charge is 0.484 e. The highest BCUT2D eigenvalue weighted by Crippen LogP contribution is 2.27. The molecule has 36 heavy (non-hydrogen) atoms. The Balaban J connectivity index is 1.26. The van der Waals surface area contributed by atoms with Crippen LogP contribution < -0.4 is 20.3 Å². The number of carbonyl (C=O) groups excluding carboxylic acids is 3. The number of carbonyl (C=O) groups is 3. The average molecular weight is 486 g/mol. The zero-order valence-corrected chi connectivity index (χ0v) is 20.6. The van der Waals surface area contributed by atoms with Crippen LogP contribution in [0, 0.1) is 12.8 Å². The molecule has 186 valence electrons. The molecule has 7 heteroatoms. The van der Waals surface area contributed by atoms with Gasteiger partial charge in [0.1, 0.15) is 5.75 Å². The Morgan fingerprint density at radius 2 is 1.72 bits per heavy atom. The number of nitrogens with zero attached hydrogens (tertiary/aromatic N) is 1. The van der Waals surface area contributed by atoms with E-state index in [1.165, 1.54) is 5.56 Å². The van der Waals surface area contributed by atoms with Crippen LogP contribution in [0.2, 0.25) is 0 Å². The minimum Gasteiger partial charge on any atom is -0.484 e. The molecule has 4 rings (SSSR count). The summed E-state index contributed by atoms with van der Waals surface area (Å²) < 4.78 is 5.59. The topological polar surface area (TPSA) is 87.7 Å². The van der Waals surface area contributed by atoms with Gasteiger partial charge in [-0.25, -0.2) is 0 Å². The monoisotopic (exact) mass is 485 g/mol. The molecule has 0 radical (unpaired) electrons. The lowest BCUT2D eigenvalue weighted by atomic mass is 10.1. The van der Waals surface area contributed by atoms with Gasteiger partial charge in [-0.3, -0.25) is 14.4 Å². The summed E-state index contributed by atoms with van der Waals surface area (Å²) >= 11 is 0. The van der Waals surface area contributed by atoms with Crippen LogP contribution in [0.15, 0.2) is 72.8 Å². The van der Waals surface area contributed by atoms with Crippen LogP contribution in [0.3, 0.4) is 0 Å². The first-order valence-electron chi connectivity index (χ1n) is 12.2. The second-order valence-electron chi connectivity index (χ2n) is 8.93. The molecule has 1 aliphatic heterocycles. The fourth-order valence-electron chi connectivity index (χ4n) is 4.16. The molecule has 3 amide bonds. The minimum atomic E-state index is -0.396. The molecule has 0 aliphatic carbocycles. The number of ether oxygens (including phenoxy) is 1. The van der Waals surface area contributed by atoms with Crippen molar-refractivity contribution in [3.63, 3.8) is 0 Å². The lowest BCUT2D eigenvalue weighted by molar-refractivity contribution is -0.126. The number of nitrogens with one attached hydrogen (secondary N) is 2. The van der Waals surface area contributed by atoms with Crippen molar-refractivity contribution in [1.29, 1.82) is 0 Å². The number of aryl methyl sites for hydroxylation is 2. The summed E-state index contributed by atoms with van der Waals surface area (Å²) in [5.41, 5.74) is 4.80. The Hall–Kier alpha value is -4.13. The third kappa shape index (κ3) is 6.30. The van der Waals surface area contributed by atoms with E-state index < -0.39 is 5.92 Å². The van der Waals surface area contributed by atoms with Gasteiger partial charge in [0, 0.05) is 30.9 Å². The summed E-state index contributed by atoms with van der Waals surface area (Å²) in [6.45, 7) is 4.74. The van der Waals surface area contributed by atoms with Gasteiger partial charge < -0.3 is 20.3 Å². The average Bonchev–Trinajstić information content (AvgIpc) is 3.29. The molecule has 3 aromatic rings. The lowest BCUT2D eigenvalue weighted by Gasteiger charge is -2.17. The second kappa shape index (κ2) is 11.5. The first-order valence-corrected chi connectivity index (χ1v) is 12.2. The van der Waals surface area contributed by atoms with Crippen molar-refractivity contribution in [2.45, 2.75) is 33.2 Å². The number of amides is 3. The van der Waals surface area contributed by atoms with Crippen LogP contribution >= 0.6 is 0 Å². The Bertz CT molecular complexity index is 1220. The maximum atomic E-state index is 12.7. The molecular weight excluding hydrogens is 454 g/mol. The molecule has 3 aromatic carbocycles. The third-order valence-corrected chi connectivity index (χ3v) is 6.37. The Morgan fingerprint density at radius 3 is 2.42 bits per heavy atom. The van der Waals surface area contributed by atoms with Gasteiger partial charge in [0.25, 0.3) is 5.91 Å². The minimum absolute atomic E-state index is 0.0896. The number of hydrogen-bond acceptors (Lipinski definition) is 4. The van der Waals surface area contributed by atoms with Crippen LogP contribution in [-0.4, -0.2) is 30.9 Å². The lowest BCUT2D eigenvalue weighted by Crippen LogP contribution is -2.32. The highest BCUT2D eigenvalue weighted by molar-refractivity contribution is 6.00. The van der Waals surface area contributed by atoms with E-state index in [1.807, 2.05) is 55.5 Å². The summed E-state index contributed by atoms with van der Waals surface area (Å²) in [5, 5.41) is 5.77. The Kier molecular flexibility index (Phi) is 8.00. The van der Waals surface area contributed by atoms with Gasteiger partial charge in [0.2, 0.25) is 11.8 Å². The molecule has 2 N–H and O–H groups in total. The van der Waals surface area contributed by atoms with Crippen LogP contribution in [0.25, 0.3) is 0 Å². The summed E-state index contributed by atoms with van der Waals surface area (Å²) in [6.07, 6.45) is 1.12. The summed E-state index contributed by atoms with van der Waals surface area (Å²) in [5.74, 6) is -0.336. The van der Waals surface area contributed by atoms with Gasteiger partial charge >= 0.3 is 0 Å². The second-order valence-corrected chi connectivity index (χ2v) is 8.93. The van der Waals surface area contributed by atoms with Gasteiger partial charge in [-0.2, -0.15) is 0 Å². The maximum Gasteiger partial charge on any atom is 0.262 e. The van der Waals surface area contributed by atoms with Gasteiger partial charge in [0.05, 0.1) is 5.92 Å². The van der Waals surface area contributed by atoms with Crippen LogP contribution in [0.5, 0.6) is 5.75 Å². The van der Waals surface area contributed by atoms with E-state index in [1.54, 1.807) is 29.2 Å². The third-order valence-electron chi connectivity index (χ3n) is 6.37. The van der Waals surface area contributed by atoms with Crippen molar-refractivity contribution < 1.29 is 19.1 Å². The first-order chi connectivity index (χ1) is 17.4. The quantitative estimate of drug-likeness (QED) is 0.475. The van der Waals surface area contributed by atoms with Crippen molar-refractivity contribution >= 4 is 29.1 Å². The van der Waals surface area contributed by atoms with E-state index in [-0.39, 0.29) is 30.7 Å². The van der Waals surface area contributed by atoms with Crippen molar-refractivity contribution in [2.75, 3.05) is 23.4 Å². The first kappa shape index (κ1) is 25.0. The molecule has 0 aromatic heterocycles. The molecule has 0 unspecified atom stereocenters. The highest BCUT2D eigenvalue weighted by Gasteiger charge is 2.35. The SMILES string of the molecule is CCc1ccc(NC(=O)COc2ccc(N3C[C@@H](C(=O)NCc4ccccc4C)CC3=O)cc2)cc1. The van der Waals surface area contributed by atoms with E-state index in [0.29, 0.717) is 24.5 Å². The summed E-state index contributed by atoms with van der Waals surface area (Å²) in [4.78, 5) is 39.1. The van der Waals surface area contributed by atoms with Gasteiger partial charge in [-0.05, 0) is 66.4 Å². The van der Waals surface area contributed by atoms with Crippen molar-refractivity contribution in [3.8, 4) is 5.75 Å². The zero-order valence-electron chi connectivity index (χ0n) is 20.6. The number of benzene rings is 3. The predicted molar refractivity (Wildman–Crippen MR) is 140 cm³/mol. The number of rotatable bonds is 9. The molecule has 1 atom stereocenters. The van der Waals surface area contributed by atoms with E-state index in [4.69, 9.17) is 4.74 Å². The van der Waals surface area contributed by atoms with Crippen LogP contribution in [0.1, 0.15) is 30.0 Å². The molecule has 0 saturated carbocycles. The molecule has 1 aliphatic rings. The molecule has 0 bridgehead atoms. The Morgan fingerprint density at radius 1 is 1.00 bits per heavy atom. The van der Waals surface area contributed by atoms with E-state index in [9.17, 15) is 14.4 Å². The van der Waals surface area contributed by atoms with Crippen LogP contribution in [-0.2, 0) is 27.3 Å². The van der Waals surface area contributed by atoms with E-state index in [2.05, 4.69) is 17.6 Å². The van der Waals surface area contributed by atoms with Gasteiger partial charge in [-0.15, -0.1) is 0 Å². The van der Waals surface area contributed by atoms with Crippen molar-refractivity contribution in [3.05, 3.63) is 89.5 Å². The van der Waals surface area contributed by atoms with Crippen molar-refractivity contribution in [2.24, 2.45) is 5.92 Å². The molecule has 1 heterocycles. The van der Waals surface area contributed by atoms with Crippen LogP contribution in [0.4, 0.5) is 11.4 Å². The Labute approximate surface area is 211 Å². The van der Waals surface area contributed by atoms with E-state index >= 15 is 0 Å². The van der Waals surface area contributed by atoms with E-state index in [0.717, 1.165) is 23.2 Å². The normalized spacial score (nSPS) is 15.0. The number of anilines is 2. The molecule has 1 fully saturated rings. The summed E-state index contributed by atoms with van der Waals surface area (Å²) in [7, 11) is 0. The van der Waals surface area contributed by atoms with Crippen molar-refractivity contribution in [1.82, 2.24) is 5.32 Å². The molecule has 1 saturated heterocycles. The summed E-state index contributed by atoms with van der Waals surface area (Å²) in [6, 6.07) is 22.6. The molecule has 0 spiro atoms. The zero-order chi connectivity index (χ0) is 25.5. The smallest absolute Gasteiger partial charge is 0.262 e. The number of hydrogen-bond donors (Lipinski definition) is 2. The van der Waals surface area contributed by atoms with Gasteiger partial charge in [0.15, 0.2) is 6.61 Å². The molecule has 7 nitrogen and oxygen atoms in total. The highest BCUT2D eigenvalue weighted by atomic mass is 16.5. The fraction of sp³-hybridized carbons (Fsp3) is 0.276. The predicted octanol–water partition coefficient (Wildman–Crippen LogP) is 4.24. The standard InChI is InChI=1S/C29H31N3O4/c1-3-21-8-10-24(11-9-21)31-27(33)19-36-26-14-12-25(13-15-26)32-18-23(16-28(32)34)29(35)30-17-22-7-5-4-6-20(22)2/h4-15,23H,3,16-19H2,1-2H3,(H,30,35)(H,31,33)/t23-/m0/s1.